The lowest BCUT2D eigenvalue weighted by Crippen LogP contribution is -2.14. The number of anilines is 2. The van der Waals surface area contributed by atoms with Crippen molar-refractivity contribution >= 4 is 17.3 Å². The van der Waals surface area contributed by atoms with Gasteiger partial charge in [-0.3, -0.25) is 4.79 Å². The molecule has 0 saturated carbocycles. The topological polar surface area (TPSA) is 64.9 Å². The summed E-state index contributed by atoms with van der Waals surface area (Å²) < 4.78 is 38.0. The second-order valence-electron chi connectivity index (χ2n) is 5.21. The van der Waals surface area contributed by atoms with Gasteiger partial charge in [0.2, 0.25) is 0 Å². The summed E-state index contributed by atoms with van der Waals surface area (Å²) in [5, 5.41) is 14.2. The zero-order valence-corrected chi connectivity index (χ0v) is 13.2. The van der Waals surface area contributed by atoms with Crippen molar-refractivity contribution in [3.05, 3.63) is 71.4 Å². The molecule has 0 unspecified atom stereocenters. The van der Waals surface area contributed by atoms with Crippen LogP contribution in [0.2, 0.25) is 0 Å². The van der Waals surface area contributed by atoms with Gasteiger partial charge in [-0.1, -0.05) is 23.8 Å². The molecule has 0 aliphatic carbocycles. The average molecular weight is 345 g/mol. The molecule has 0 fully saturated rings. The summed E-state index contributed by atoms with van der Waals surface area (Å²) in [6, 6.07) is 13.1. The first-order valence-corrected chi connectivity index (χ1v) is 7.21. The van der Waals surface area contributed by atoms with Gasteiger partial charge in [0.15, 0.2) is 0 Å². The lowest BCUT2D eigenvalue weighted by atomic mass is 10.2. The Labute approximate surface area is 142 Å². The number of amides is 1. The number of aryl methyl sites for hydroxylation is 1. The Morgan fingerprint density at radius 2 is 1.80 bits per heavy atom. The third kappa shape index (κ3) is 5.11. The fourth-order valence-electron chi connectivity index (χ4n) is 1.92. The molecule has 0 aliphatic heterocycles. The summed E-state index contributed by atoms with van der Waals surface area (Å²) in [5.74, 6) is -0.661. The highest BCUT2D eigenvalue weighted by Crippen LogP contribution is 2.30. The number of carbonyl (C=O) groups excluding carboxylic acids is 1. The minimum atomic E-state index is -4.47. The molecule has 0 saturated heterocycles. The Kier molecular flexibility index (Phi) is 5.45. The van der Waals surface area contributed by atoms with Crippen LogP contribution in [0.25, 0.3) is 0 Å². The molecule has 2 aromatic rings. The van der Waals surface area contributed by atoms with Crippen molar-refractivity contribution in [2.45, 2.75) is 13.1 Å². The largest absolute Gasteiger partial charge is 0.416 e. The second-order valence-corrected chi connectivity index (χ2v) is 5.21. The first-order chi connectivity index (χ1) is 11.8. The molecule has 128 valence electrons. The van der Waals surface area contributed by atoms with E-state index in [1.807, 2.05) is 6.92 Å². The van der Waals surface area contributed by atoms with Gasteiger partial charge in [-0.2, -0.15) is 18.4 Å². The van der Waals surface area contributed by atoms with Crippen LogP contribution in [0.1, 0.15) is 11.1 Å². The summed E-state index contributed by atoms with van der Waals surface area (Å²) in [4.78, 5) is 12.1. The third-order valence-corrected chi connectivity index (χ3v) is 3.25. The van der Waals surface area contributed by atoms with Crippen molar-refractivity contribution in [3.63, 3.8) is 0 Å². The average Bonchev–Trinajstić information content (AvgIpc) is 2.57. The molecule has 4 nitrogen and oxygen atoms in total. The molecular weight excluding hydrogens is 331 g/mol. The van der Waals surface area contributed by atoms with E-state index in [9.17, 15) is 18.0 Å². The number of carbonyl (C=O) groups is 1. The maximum Gasteiger partial charge on any atom is 0.416 e. The monoisotopic (exact) mass is 345 g/mol. The summed E-state index contributed by atoms with van der Waals surface area (Å²) >= 11 is 0. The molecule has 0 bridgehead atoms. The van der Waals surface area contributed by atoms with Crippen molar-refractivity contribution in [1.82, 2.24) is 0 Å². The molecule has 1 amide bonds. The van der Waals surface area contributed by atoms with Crippen molar-refractivity contribution in [1.29, 1.82) is 5.26 Å². The Morgan fingerprint density at radius 1 is 1.12 bits per heavy atom. The zero-order chi connectivity index (χ0) is 18.4. The molecule has 25 heavy (non-hydrogen) atoms. The Bertz CT molecular complexity index is 834. The third-order valence-electron chi connectivity index (χ3n) is 3.25. The van der Waals surface area contributed by atoms with Gasteiger partial charge in [0.05, 0.1) is 5.56 Å². The van der Waals surface area contributed by atoms with Crippen LogP contribution < -0.4 is 10.6 Å². The van der Waals surface area contributed by atoms with Gasteiger partial charge in [0.25, 0.3) is 5.91 Å². The van der Waals surface area contributed by atoms with Crippen LogP contribution in [-0.2, 0) is 11.0 Å². The zero-order valence-electron chi connectivity index (χ0n) is 13.2. The standard InChI is InChI=1S/C18H14F3N3O/c1-12-5-7-15(8-6-12)24-17(25)13(10-22)11-23-16-4-2-3-14(9-16)18(19,20)21/h2-9,11,23H,1H3,(H,24,25)/b13-11-. The smallest absolute Gasteiger partial charge is 0.360 e. The molecule has 0 heterocycles. The van der Waals surface area contributed by atoms with Crippen molar-refractivity contribution in [3.8, 4) is 6.07 Å². The number of nitrogens with zero attached hydrogens (tertiary/aromatic N) is 1. The minimum absolute atomic E-state index is 0.116. The molecule has 2 aromatic carbocycles. The van der Waals surface area contributed by atoms with Crippen LogP contribution in [0, 0.1) is 18.3 Å². The number of nitrogens with one attached hydrogen (secondary N) is 2. The lowest BCUT2D eigenvalue weighted by Gasteiger charge is -2.09. The van der Waals surface area contributed by atoms with Crippen molar-refractivity contribution in [2.75, 3.05) is 10.6 Å². The first kappa shape index (κ1) is 18.1. The van der Waals surface area contributed by atoms with Crippen LogP contribution in [0.5, 0.6) is 0 Å². The van der Waals surface area contributed by atoms with Crippen molar-refractivity contribution in [2.24, 2.45) is 0 Å². The van der Waals surface area contributed by atoms with Crippen LogP contribution in [0.4, 0.5) is 24.5 Å². The molecule has 0 aliphatic rings. The highest BCUT2D eigenvalue weighted by molar-refractivity contribution is 6.06. The molecule has 0 radical (unpaired) electrons. The summed E-state index contributed by atoms with van der Waals surface area (Å²) in [5.41, 5.74) is 0.549. The summed E-state index contributed by atoms with van der Waals surface area (Å²) in [6.45, 7) is 1.89. The Hall–Kier alpha value is -3.27. The van der Waals surface area contributed by atoms with Crippen LogP contribution in [-0.4, -0.2) is 5.91 Å². The highest BCUT2D eigenvalue weighted by atomic mass is 19.4. The SMILES string of the molecule is Cc1ccc(NC(=O)/C(C#N)=C\Nc2cccc(C(F)(F)F)c2)cc1. The number of halogens is 3. The molecular formula is C18H14F3N3O. The molecule has 0 aromatic heterocycles. The second kappa shape index (κ2) is 7.53. The van der Waals surface area contributed by atoms with E-state index in [2.05, 4.69) is 10.6 Å². The number of hydrogen-bond donors (Lipinski definition) is 2. The maximum absolute atomic E-state index is 12.7. The predicted octanol–water partition coefficient (Wildman–Crippen LogP) is 4.47. The van der Waals surface area contributed by atoms with Gasteiger partial charge in [0.1, 0.15) is 11.6 Å². The van der Waals surface area contributed by atoms with Gasteiger partial charge < -0.3 is 10.6 Å². The van der Waals surface area contributed by atoms with Gasteiger partial charge >= 0.3 is 6.18 Å². The van der Waals surface area contributed by atoms with E-state index < -0.39 is 17.6 Å². The number of benzene rings is 2. The van der Waals surface area contributed by atoms with E-state index in [1.54, 1.807) is 30.3 Å². The summed E-state index contributed by atoms with van der Waals surface area (Å²) in [7, 11) is 0. The number of alkyl halides is 3. The maximum atomic E-state index is 12.7. The van der Waals surface area contributed by atoms with Gasteiger partial charge in [0, 0.05) is 17.6 Å². The Balaban J connectivity index is 2.11. The highest BCUT2D eigenvalue weighted by Gasteiger charge is 2.30. The van der Waals surface area contributed by atoms with E-state index in [0.29, 0.717) is 5.69 Å². The fraction of sp³-hybridized carbons (Fsp3) is 0.111. The van der Waals surface area contributed by atoms with Gasteiger partial charge in [-0.25, -0.2) is 0 Å². The molecule has 2 N–H and O–H groups in total. The van der Waals surface area contributed by atoms with Gasteiger partial charge in [-0.05, 0) is 37.3 Å². The van der Waals surface area contributed by atoms with E-state index in [4.69, 9.17) is 5.26 Å². The van der Waals surface area contributed by atoms with E-state index in [1.165, 1.54) is 12.1 Å². The molecule has 0 spiro atoms. The Morgan fingerprint density at radius 3 is 2.40 bits per heavy atom. The van der Waals surface area contributed by atoms with E-state index in [-0.39, 0.29) is 11.3 Å². The number of nitriles is 1. The van der Waals surface area contributed by atoms with Crippen LogP contribution in [0.15, 0.2) is 60.3 Å². The first-order valence-electron chi connectivity index (χ1n) is 7.21. The molecule has 7 heteroatoms. The van der Waals surface area contributed by atoms with Crippen LogP contribution in [0.3, 0.4) is 0 Å². The van der Waals surface area contributed by atoms with Crippen LogP contribution >= 0.6 is 0 Å². The van der Waals surface area contributed by atoms with Crippen molar-refractivity contribution < 1.29 is 18.0 Å². The van der Waals surface area contributed by atoms with E-state index >= 15 is 0 Å². The fourth-order valence-corrected chi connectivity index (χ4v) is 1.92. The quantitative estimate of drug-likeness (QED) is 0.635. The predicted molar refractivity (Wildman–Crippen MR) is 88.6 cm³/mol. The molecule has 2 rings (SSSR count). The molecule has 0 atom stereocenters. The van der Waals surface area contributed by atoms with E-state index in [0.717, 1.165) is 23.9 Å². The number of rotatable bonds is 4. The normalized spacial score (nSPS) is 11.6. The minimum Gasteiger partial charge on any atom is -0.360 e. The number of hydrogen-bond acceptors (Lipinski definition) is 3. The lowest BCUT2D eigenvalue weighted by molar-refractivity contribution is -0.137. The summed E-state index contributed by atoms with van der Waals surface area (Å²) in [6.07, 6.45) is -3.40. The van der Waals surface area contributed by atoms with Gasteiger partial charge in [-0.15, -0.1) is 0 Å².